The number of hydrogen-bond acceptors (Lipinski definition) is 8. The molecule has 0 bridgehead atoms. The minimum atomic E-state index is -0.0994. The Bertz CT molecular complexity index is 2320. The Labute approximate surface area is 323 Å². The van der Waals surface area contributed by atoms with Crippen LogP contribution in [0, 0.1) is 25.7 Å². The molecule has 5 N–H and O–H groups in total. The van der Waals surface area contributed by atoms with Crippen LogP contribution in [-0.2, 0) is 6.61 Å². The van der Waals surface area contributed by atoms with Crippen molar-refractivity contribution in [2.75, 3.05) is 36.0 Å². The minimum Gasteiger partial charge on any atom is -0.507 e. The van der Waals surface area contributed by atoms with Crippen molar-refractivity contribution >= 4 is 33.2 Å². The Kier molecular flexibility index (Phi) is 10.2. The lowest BCUT2D eigenvalue weighted by Gasteiger charge is -2.24. The Hall–Kier alpha value is -4.80. The maximum atomic E-state index is 13.1. The van der Waals surface area contributed by atoms with Crippen LogP contribution in [-0.4, -0.2) is 52.5 Å². The summed E-state index contributed by atoms with van der Waals surface area (Å²) in [5.74, 6) is 1.78. The van der Waals surface area contributed by atoms with E-state index in [-0.39, 0.29) is 35.0 Å². The summed E-state index contributed by atoms with van der Waals surface area (Å²) in [7, 11) is 0. The SMILES string of the molecule is Cc1c(N2CC[C@@H]([C@H](C)N)C2)ccc2c(O)cc(=O)n(C3CC3)c12.Cc1c(N2CC[C@@H]([C@H](C)N)C2)ccc2c(OCc3ccccc3)cc(=O)n(C3CC3)c12. The Morgan fingerprint density at radius 3 is 1.67 bits per heavy atom. The summed E-state index contributed by atoms with van der Waals surface area (Å²) >= 11 is 0. The minimum absolute atomic E-state index is 0.0354. The molecule has 5 aromatic rings. The van der Waals surface area contributed by atoms with Crippen molar-refractivity contribution < 1.29 is 9.84 Å². The molecule has 10 heteroatoms. The van der Waals surface area contributed by atoms with Crippen LogP contribution in [0.3, 0.4) is 0 Å². The maximum absolute atomic E-state index is 13.1. The zero-order valence-corrected chi connectivity index (χ0v) is 32.7. The number of fused-ring (bicyclic) bond motifs is 2. The molecular formula is C45H56N6O4. The lowest BCUT2D eigenvalue weighted by molar-refractivity contribution is 0.309. The molecular weight excluding hydrogens is 689 g/mol. The number of hydrogen-bond donors (Lipinski definition) is 3. The van der Waals surface area contributed by atoms with Gasteiger partial charge in [-0.1, -0.05) is 30.3 Å². The number of nitrogens with zero attached hydrogens (tertiary/aromatic N) is 4. The van der Waals surface area contributed by atoms with E-state index in [0.29, 0.717) is 30.2 Å². The van der Waals surface area contributed by atoms with Gasteiger partial charge in [0.25, 0.3) is 11.1 Å². The van der Waals surface area contributed by atoms with Crippen LogP contribution in [0.4, 0.5) is 11.4 Å². The Morgan fingerprint density at radius 2 is 1.18 bits per heavy atom. The fourth-order valence-corrected chi connectivity index (χ4v) is 8.95. The van der Waals surface area contributed by atoms with Gasteiger partial charge in [-0.15, -0.1) is 0 Å². The van der Waals surface area contributed by atoms with Crippen molar-refractivity contribution in [1.82, 2.24) is 9.13 Å². The number of aromatic nitrogens is 2. The monoisotopic (exact) mass is 744 g/mol. The summed E-state index contributed by atoms with van der Waals surface area (Å²) < 4.78 is 10.1. The zero-order chi connectivity index (χ0) is 38.5. The molecule has 3 aromatic carbocycles. The van der Waals surface area contributed by atoms with Crippen molar-refractivity contribution in [3.63, 3.8) is 0 Å². The summed E-state index contributed by atoms with van der Waals surface area (Å²) in [5, 5.41) is 12.0. The number of aryl methyl sites for hydroxylation is 2. The highest BCUT2D eigenvalue weighted by molar-refractivity contribution is 5.93. The van der Waals surface area contributed by atoms with Gasteiger partial charge in [0, 0.05) is 84.6 Å². The molecule has 0 spiro atoms. The van der Waals surface area contributed by atoms with Crippen molar-refractivity contribution in [2.45, 2.75) is 97.0 Å². The number of pyridine rings is 2. The Morgan fingerprint density at radius 1 is 0.691 bits per heavy atom. The maximum Gasteiger partial charge on any atom is 0.255 e. The molecule has 4 atom stereocenters. The smallest absolute Gasteiger partial charge is 0.255 e. The van der Waals surface area contributed by atoms with E-state index in [9.17, 15) is 14.7 Å². The van der Waals surface area contributed by atoms with Gasteiger partial charge in [-0.2, -0.15) is 0 Å². The molecule has 4 aliphatic rings. The summed E-state index contributed by atoms with van der Waals surface area (Å²) in [5.41, 5.74) is 19.8. The molecule has 0 radical (unpaired) electrons. The van der Waals surface area contributed by atoms with Gasteiger partial charge in [0.15, 0.2) is 0 Å². The quantitative estimate of drug-likeness (QED) is 0.148. The summed E-state index contributed by atoms with van der Waals surface area (Å²) in [6, 6.07) is 22.4. The topological polar surface area (TPSA) is 132 Å². The van der Waals surface area contributed by atoms with Crippen LogP contribution in [0.2, 0.25) is 0 Å². The van der Waals surface area contributed by atoms with Crippen LogP contribution in [0.5, 0.6) is 11.5 Å². The first-order valence-corrected chi connectivity index (χ1v) is 20.2. The predicted octanol–water partition coefficient (Wildman–Crippen LogP) is 6.92. The number of anilines is 2. The molecule has 4 heterocycles. The Balaban J connectivity index is 0.000000160. The summed E-state index contributed by atoms with van der Waals surface area (Å²) in [4.78, 5) is 30.4. The van der Waals surface area contributed by atoms with Crippen molar-refractivity contribution in [1.29, 1.82) is 0 Å². The van der Waals surface area contributed by atoms with E-state index in [1.807, 2.05) is 45.5 Å². The fraction of sp³-hybridized carbons (Fsp3) is 0.467. The van der Waals surface area contributed by atoms with Crippen LogP contribution >= 0.6 is 0 Å². The standard InChI is InChI=1S/C26H31N3O2.C19H25N3O2/c1-17-23(28-13-12-20(15-28)18(2)27)11-10-22-24(31-16-19-6-4-3-5-7-19)14-25(30)29(26(17)22)21-8-9-21;1-11-16(21-8-7-13(10-21)12(2)20)6-5-15-17(23)9-18(24)22(19(11)15)14-3-4-14/h3-7,10-11,14,18,20-21H,8-9,12-13,15-16,27H2,1-2H3;5-6,9,12-14,23H,3-4,7-8,10,20H2,1-2H3/t18-,20+;12-,13+/m00/s1. The second-order valence-electron chi connectivity index (χ2n) is 16.6. The van der Waals surface area contributed by atoms with E-state index in [0.717, 1.165) is 109 Å². The third-order valence-electron chi connectivity index (χ3n) is 12.5. The third-order valence-corrected chi connectivity index (χ3v) is 12.5. The van der Waals surface area contributed by atoms with E-state index in [1.54, 1.807) is 6.07 Å². The third kappa shape index (κ3) is 7.34. The second kappa shape index (κ2) is 15.0. The molecule has 0 unspecified atom stereocenters. The highest BCUT2D eigenvalue weighted by Gasteiger charge is 2.32. The van der Waals surface area contributed by atoms with E-state index in [4.69, 9.17) is 16.2 Å². The number of ether oxygens (including phenoxy) is 1. The van der Waals surface area contributed by atoms with Crippen molar-refractivity contribution in [3.05, 3.63) is 104 Å². The first-order valence-electron chi connectivity index (χ1n) is 20.2. The van der Waals surface area contributed by atoms with Gasteiger partial charge in [0.05, 0.1) is 11.0 Å². The van der Waals surface area contributed by atoms with E-state index >= 15 is 0 Å². The highest BCUT2D eigenvalue weighted by atomic mass is 16.5. The number of nitrogens with two attached hydrogens (primary N) is 2. The van der Waals surface area contributed by atoms with Gasteiger partial charge >= 0.3 is 0 Å². The van der Waals surface area contributed by atoms with Gasteiger partial charge in [-0.05, 0) is 119 Å². The molecule has 55 heavy (non-hydrogen) atoms. The average molecular weight is 745 g/mol. The number of rotatable bonds is 9. The van der Waals surface area contributed by atoms with E-state index in [2.05, 4.69) is 55.7 Å². The normalized spacial score (nSPS) is 20.8. The lowest BCUT2D eigenvalue weighted by atomic mass is 10.0. The van der Waals surface area contributed by atoms with Crippen LogP contribution < -0.4 is 37.1 Å². The first-order chi connectivity index (χ1) is 26.5. The van der Waals surface area contributed by atoms with Gasteiger partial charge in [0.1, 0.15) is 18.1 Å². The van der Waals surface area contributed by atoms with Crippen molar-refractivity contribution in [3.8, 4) is 11.5 Å². The molecule has 2 aliphatic carbocycles. The predicted molar refractivity (Wildman–Crippen MR) is 223 cm³/mol. The lowest BCUT2D eigenvalue weighted by Crippen LogP contribution is -2.30. The molecule has 4 fully saturated rings. The molecule has 2 aliphatic heterocycles. The molecule has 9 rings (SSSR count). The number of benzene rings is 3. The molecule has 2 saturated carbocycles. The number of aromatic hydroxyl groups is 1. The first kappa shape index (κ1) is 37.1. The second-order valence-corrected chi connectivity index (χ2v) is 16.6. The molecule has 0 amide bonds. The van der Waals surface area contributed by atoms with Gasteiger partial charge in [-0.3, -0.25) is 9.59 Å². The fourth-order valence-electron chi connectivity index (χ4n) is 8.95. The van der Waals surface area contributed by atoms with Crippen LogP contribution in [0.15, 0.2) is 76.3 Å². The van der Waals surface area contributed by atoms with Crippen molar-refractivity contribution in [2.24, 2.45) is 23.3 Å². The van der Waals surface area contributed by atoms with Gasteiger partial charge < -0.3 is 40.2 Å². The van der Waals surface area contributed by atoms with Crippen LogP contribution in [0.1, 0.15) is 81.1 Å². The van der Waals surface area contributed by atoms with E-state index in [1.165, 1.54) is 11.8 Å². The van der Waals surface area contributed by atoms with E-state index < -0.39 is 0 Å². The average Bonchev–Trinajstić information content (AvgIpc) is 4.08. The largest absolute Gasteiger partial charge is 0.507 e. The van der Waals surface area contributed by atoms with Crippen LogP contribution in [0.25, 0.3) is 21.8 Å². The summed E-state index contributed by atoms with van der Waals surface area (Å²) in [6.07, 6.45) is 6.44. The zero-order valence-electron chi connectivity index (χ0n) is 32.7. The molecule has 10 nitrogen and oxygen atoms in total. The van der Waals surface area contributed by atoms with Gasteiger partial charge in [-0.25, -0.2) is 0 Å². The highest BCUT2D eigenvalue weighted by Crippen LogP contribution is 2.42. The summed E-state index contributed by atoms with van der Waals surface area (Å²) in [6.45, 7) is 12.8. The molecule has 290 valence electrons. The molecule has 2 aromatic heterocycles. The van der Waals surface area contributed by atoms with Gasteiger partial charge in [0.2, 0.25) is 0 Å². The molecule has 2 saturated heterocycles.